The van der Waals surface area contributed by atoms with Crippen LogP contribution in [-0.2, 0) is 14.8 Å². The Morgan fingerprint density at radius 2 is 1.80 bits per heavy atom. The van der Waals surface area contributed by atoms with Crippen molar-refractivity contribution in [2.24, 2.45) is 0 Å². The van der Waals surface area contributed by atoms with Gasteiger partial charge in [-0.2, -0.15) is 4.31 Å². The molecule has 2 heterocycles. The second-order valence-electron chi connectivity index (χ2n) is 5.35. The summed E-state index contributed by atoms with van der Waals surface area (Å²) >= 11 is 0. The van der Waals surface area contributed by atoms with Crippen LogP contribution >= 0.6 is 0 Å². The van der Waals surface area contributed by atoms with Gasteiger partial charge in [-0.25, -0.2) is 8.42 Å². The summed E-state index contributed by atoms with van der Waals surface area (Å²) in [4.78, 5) is 0.276. The molecule has 0 amide bonds. The van der Waals surface area contributed by atoms with E-state index in [1.165, 1.54) is 11.4 Å². The molecule has 144 valence electrons. The molecule has 2 saturated heterocycles. The van der Waals surface area contributed by atoms with Gasteiger partial charge in [-0.1, -0.05) is 33.8 Å². The maximum atomic E-state index is 12.7. The van der Waals surface area contributed by atoms with Gasteiger partial charge in [-0.15, -0.1) is 0 Å². The predicted octanol–water partition coefficient (Wildman–Crippen LogP) is 2.85. The zero-order valence-corrected chi connectivity index (χ0v) is 16.9. The van der Waals surface area contributed by atoms with Crippen LogP contribution in [0.2, 0.25) is 0 Å². The Balaban J connectivity index is 0.000000730. The lowest BCUT2D eigenvalue weighted by Gasteiger charge is -2.37. The van der Waals surface area contributed by atoms with E-state index in [-0.39, 0.29) is 10.6 Å². The first-order valence-corrected chi connectivity index (χ1v) is 10.5. The average molecular weight is 373 g/mol. The van der Waals surface area contributed by atoms with Crippen molar-refractivity contribution in [2.45, 2.75) is 51.2 Å². The third-order valence-electron chi connectivity index (χ3n) is 4.14. The molecular formula is C18H32N2O4S. The van der Waals surface area contributed by atoms with Gasteiger partial charge in [0.05, 0.1) is 18.6 Å². The first-order chi connectivity index (χ1) is 12.1. The van der Waals surface area contributed by atoms with Crippen LogP contribution in [-0.4, -0.2) is 51.8 Å². The van der Waals surface area contributed by atoms with Crippen LogP contribution in [0.25, 0.3) is 0 Å². The van der Waals surface area contributed by atoms with Gasteiger partial charge in [0.15, 0.2) is 0 Å². The Labute approximate surface area is 152 Å². The highest BCUT2D eigenvalue weighted by Gasteiger charge is 2.41. The van der Waals surface area contributed by atoms with Crippen LogP contribution in [0.4, 0.5) is 0 Å². The fraction of sp³-hybridized carbons (Fsp3) is 0.667. The minimum atomic E-state index is -3.47. The Bertz CT molecular complexity index is 603. The van der Waals surface area contributed by atoms with E-state index in [2.05, 4.69) is 5.32 Å². The molecule has 0 unspecified atom stereocenters. The van der Waals surface area contributed by atoms with Gasteiger partial charge in [0.2, 0.25) is 10.0 Å². The number of sulfonamides is 1. The zero-order chi connectivity index (χ0) is 18.9. The van der Waals surface area contributed by atoms with Gasteiger partial charge < -0.3 is 9.47 Å². The molecule has 0 aliphatic carbocycles. The summed E-state index contributed by atoms with van der Waals surface area (Å²) in [6.45, 7) is 10.5. The van der Waals surface area contributed by atoms with E-state index in [1.54, 1.807) is 24.3 Å². The maximum Gasteiger partial charge on any atom is 0.243 e. The molecule has 1 N–H and O–H groups in total. The third-order valence-corrected chi connectivity index (χ3v) is 6.03. The molecule has 3 rings (SSSR count). The lowest BCUT2D eigenvalue weighted by molar-refractivity contribution is -0.0445. The van der Waals surface area contributed by atoms with E-state index < -0.39 is 10.0 Å². The largest absolute Gasteiger partial charge is 0.497 e. The average Bonchev–Trinajstić information content (AvgIpc) is 3.13. The smallest absolute Gasteiger partial charge is 0.243 e. The fourth-order valence-electron chi connectivity index (χ4n) is 2.90. The van der Waals surface area contributed by atoms with Crippen molar-refractivity contribution in [3.63, 3.8) is 0 Å². The molecule has 2 fully saturated rings. The monoisotopic (exact) mass is 372 g/mol. The standard InChI is InChI=1S/C14H20N2O4S.2C2H6/c1-19-12-3-2-4-13(11-12)21(17,18)16-8-5-14(6-9-16)15-7-10-20-14;2*1-2/h2-4,11,15H,5-10H2,1H3;2*1-2H3. The summed E-state index contributed by atoms with van der Waals surface area (Å²) < 4.78 is 37.7. The van der Waals surface area contributed by atoms with Crippen molar-refractivity contribution in [1.82, 2.24) is 9.62 Å². The minimum absolute atomic E-state index is 0.276. The summed E-state index contributed by atoms with van der Waals surface area (Å²) in [5, 5.41) is 3.34. The number of nitrogens with one attached hydrogen (secondary N) is 1. The van der Waals surface area contributed by atoms with Gasteiger partial charge in [-0.05, 0) is 12.1 Å². The second kappa shape index (κ2) is 10.1. The molecule has 25 heavy (non-hydrogen) atoms. The molecule has 0 radical (unpaired) electrons. The number of hydrogen-bond donors (Lipinski definition) is 1. The lowest BCUT2D eigenvalue weighted by atomic mass is 10.0. The Morgan fingerprint density at radius 3 is 2.32 bits per heavy atom. The van der Waals surface area contributed by atoms with E-state index in [0.717, 1.165) is 6.54 Å². The summed E-state index contributed by atoms with van der Waals surface area (Å²) in [6, 6.07) is 6.59. The van der Waals surface area contributed by atoms with Crippen molar-refractivity contribution in [2.75, 3.05) is 33.4 Å². The van der Waals surface area contributed by atoms with Crippen molar-refractivity contribution in [3.05, 3.63) is 24.3 Å². The van der Waals surface area contributed by atoms with Gasteiger partial charge in [0.1, 0.15) is 11.5 Å². The number of ether oxygens (including phenoxy) is 2. The number of methoxy groups -OCH3 is 1. The first kappa shape index (κ1) is 21.9. The normalized spacial score (nSPS) is 19.4. The van der Waals surface area contributed by atoms with E-state index in [0.29, 0.717) is 38.3 Å². The summed E-state index contributed by atoms with van der Waals surface area (Å²) in [6.07, 6.45) is 1.35. The second-order valence-corrected chi connectivity index (χ2v) is 7.29. The lowest BCUT2D eigenvalue weighted by Crippen LogP contribution is -2.52. The molecule has 1 aromatic rings. The van der Waals surface area contributed by atoms with Crippen LogP contribution in [0.3, 0.4) is 0 Å². The van der Waals surface area contributed by atoms with Gasteiger partial charge in [0.25, 0.3) is 0 Å². The van der Waals surface area contributed by atoms with Crippen LogP contribution in [0, 0.1) is 0 Å². The molecule has 0 bridgehead atoms. The third kappa shape index (κ3) is 5.17. The number of piperidine rings is 1. The number of hydrogen-bond acceptors (Lipinski definition) is 5. The molecular weight excluding hydrogens is 340 g/mol. The van der Waals surface area contributed by atoms with Crippen molar-refractivity contribution >= 4 is 10.0 Å². The van der Waals surface area contributed by atoms with Crippen molar-refractivity contribution in [1.29, 1.82) is 0 Å². The molecule has 0 atom stereocenters. The first-order valence-electron chi connectivity index (χ1n) is 9.09. The highest BCUT2D eigenvalue weighted by atomic mass is 32.2. The summed E-state index contributed by atoms with van der Waals surface area (Å²) in [7, 11) is -1.94. The van der Waals surface area contributed by atoms with Crippen LogP contribution in [0.1, 0.15) is 40.5 Å². The Kier molecular flexibility index (Phi) is 8.85. The number of nitrogens with zero attached hydrogens (tertiary/aromatic N) is 1. The molecule has 2 aliphatic rings. The molecule has 2 aliphatic heterocycles. The molecule has 0 aromatic heterocycles. The fourth-order valence-corrected chi connectivity index (χ4v) is 4.37. The van der Waals surface area contributed by atoms with E-state index in [9.17, 15) is 8.42 Å². The quantitative estimate of drug-likeness (QED) is 0.884. The molecule has 7 heteroatoms. The summed E-state index contributed by atoms with van der Waals surface area (Å²) in [5.74, 6) is 0.547. The minimum Gasteiger partial charge on any atom is -0.497 e. The number of rotatable bonds is 3. The number of benzene rings is 1. The Hall–Kier alpha value is -1.15. The zero-order valence-electron chi connectivity index (χ0n) is 16.0. The van der Waals surface area contributed by atoms with E-state index in [1.807, 2.05) is 27.7 Å². The predicted molar refractivity (Wildman–Crippen MR) is 100 cm³/mol. The SMILES string of the molecule is CC.CC.COc1cccc(S(=O)(=O)N2CCC3(CC2)NCCO3)c1. The topological polar surface area (TPSA) is 67.9 Å². The highest BCUT2D eigenvalue weighted by Crippen LogP contribution is 2.30. The molecule has 1 aromatic carbocycles. The van der Waals surface area contributed by atoms with Gasteiger partial charge in [0, 0.05) is 38.5 Å². The maximum absolute atomic E-state index is 12.7. The molecule has 6 nitrogen and oxygen atoms in total. The van der Waals surface area contributed by atoms with Gasteiger partial charge in [-0.3, -0.25) is 5.32 Å². The van der Waals surface area contributed by atoms with Crippen LogP contribution in [0.5, 0.6) is 5.75 Å². The molecule has 1 spiro atoms. The van der Waals surface area contributed by atoms with Crippen LogP contribution in [0.15, 0.2) is 29.2 Å². The van der Waals surface area contributed by atoms with Crippen molar-refractivity contribution in [3.8, 4) is 5.75 Å². The Morgan fingerprint density at radius 1 is 1.16 bits per heavy atom. The van der Waals surface area contributed by atoms with E-state index >= 15 is 0 Å². The highest BCUT2D eigenvalue weighted by molar-refractivity contribution is 7.89. The van der Waals surface area contributed by atoms with Crippen molar-refractivity contribution < 1.29 is 17.9 Å². The van der Waals surface area contributed by atoms with Gasteiger partial charge >= 0.3 is 0 Å². The van der Waals surface area contributed by atoms with E-state index in [4.69, 9.17) is 9.47 Å². The molecule has 0 saturated carbocycles. The van der Waals surface area contributed by atoms with Crippen LogP contribution < -0.4 is 10.1 Å². The summed E-state index contributed by atoms with van der Waals surface area (Å²) in [5.41, 5.74) is -0.319.